The zero-order chi connectivity index (χ0) is 11.5. The average Bonchev–Trinajstić information content (AvgIpc) is 2.48. The number of thiazole rings is 1. The SMILES string of the molecule is CCc1nc(CN(C)CC(C)(C)O)cs1. The second-order valence-electron chi connectivity index (χ2n) is 4.57. The molecule has 0 bridgehead atoms. The van der Waals surface area contributed by atoms with Gasteiger partial charge < -0.3 is 5.11 Å². The molecule has 86 valence electrons. The first-order valence-electron chi connectivity index (χ1n) is 5.25. The first kappa shape index (κ1) is 12.6. The molecule has 0 radical (unpaired) electrons. The van der Waals surface area contributed by atoms with Crippen LogP contribution in [-0.2, 0) is 13.0 Å². The molecule has 0 atom stereocenters. The van der Waals surface area contributed by atoms with Crippen LogP contribution in [0.1, 0.15) is 31.5 Å². The topological polar surface area (TPSA) is 36.4 Å². The van der Waals surface area contributed by atoms with Crippen molar-refractivity contribution in [2.75, 3.05) is 13.6 Å². The number of nitrogens with zero attached hydrogens (tertiary/aromatic N) is 2. The molecule has 1 aromatic rings. The summed E-state index contributed by atoms with van der Waals surface area (Å²) in [6.07, 6.45) is 1.000. The van der Waals surface area contributed by atoms with E-state index in [-0.39, 0.29) is 0 Å². The van der Waals surface area contributed by atoms with E-state index in [4.69, 9.17) is 0 Å². The third-order valence-corrected chi connectivity index (χ3v) is 3.03. The van der Waals surface area contributed by atoms with E-state index in [1.165, 1.54) is 5.01 Å². The number of aryl methyl sites for hydroxylation is 1. The number of hydrogen-bond acceptors (Lipinski definition) is 4. The van der Waals surface area contributed by atoms with E-state index >= 15 is 0 Å². The van der Waals surface area contributed by atoms with Crippen molar-refractivity contribution >= 4 is 11.3 Å². The minimum absolute atomic E-state index is 0.641. The van der Waals surface area contributed by atoms with Crippen molar-refractivity contribution in [3.8, 4) is 0 Å². The van der Waals surface area contributed by atoms with Gasteiger partial charge in [0.25, 0.3) is 0 Å². The van der Waals surface area contributed by atoms with Crippen LogP contribution in [0.25, 0.3) is 0 Å². The van der Waals surface area contributed by atoms with Crippen LogP contribution in [0.2, 0.25) is 0 Å². The van der Waals surface area contributed by atoms with E-state index in [1.54, 1.807) is 11.3 Å². The monoisotopic (exact) mass is 228 g/mol. The van der Waals surface area contributed by atoms with Gasteiger partial charge in [0.1, 0.15) is 0 Å². The van der Waals surface area contributed by atoms with Gasteiger partial charge >= 0.3 is 0 Å². The highest BCUT2D eigenvalue weighted by Gasteiger charge is 2.16. The van der Waals surface area contributed by atoms with Gasteiger partial charge in [-0.2, -0.15) is 0 Å². The van der Waals surface area contributed by atoms with Crippen LogP contribution in [0, 0.1) is 0 Å². The Kier molecular flexibility index (Phi) is 4.25. The highest BCUT2D eigenvalue weighted by Crippen LogP contribution is 2.13. The molecule has 1 aromatic heterocycles. The number of aromatic nitrogens is 1. The van der Waals surface area contributed by atoms with Gasteiger partial charge in [0.15, 0.2) is 0 Å². The Labute approximate surface area is 95.8 Å². The van der Waals surface area contributed by atoms with E-state index in [0.717, 1.165) is 18.7 Å². The molecule has 0 amide bonds. The van der Waals surface area contributed by atoms with Gasteiger partial charge in [-0.05, 0) is 27.3 Å². The summed E-state index contributed by atoms with van der Waals surface area (Å²) in [5, 5.41) is 12.9. The third kappa shape index (κ3) is 4.73. The number of likely N-dealkylation sites (N-methyl/N-ethyl adjacent to an activating group) is 1. The summed E-state index contributed by atoms with van der Waals surface area (Å²) >= 11 is 1.71. The van der Waals surface area contributed by atoms with E-state index < -0.39 is 5.60 Å². The van der Waals surface area contributed by atoms with Crippen LogP contribution in [0.5, 0.6) is 0 Å². The number of aliphatic hydroxyl groups is 1. The lowest BCUT2D eigenvalue weighted by Crippen LogP contribution is -2.35. The molecule has 0 saturated heterocycles. The average molecular weight is 228 g/mol. The molecule has 0 aliphatic carbocycles. The van der Waals surface area contributed by atoms with Crippen LogP contribution in [0.4, 0.5) is 0 Å². The lowest BCUT2D eigenvalue weighted by Gasteiger charge is -2.24. The smallest absolute Gasteiger partial charge is 0.0926 e. The molecular formula is C11H20N2OS. The summed E-state index contributed by atoms with van der Waals surface area (Å²) in [6, 6.07) is 0. The van der Waals surface area contributed by atoms with Gasteiger partial charge in [0.2, 0.25) is 0 Å². The molecule has 0 spiro atoms. The van der Waals surface area contributed by atoms with E-state index in [1.807, 2.05) is 20.9 Å². The highest BCUT2D eigenvalue weighted by atomic mass is 32.1. The lowest BCUT2D eigenvalue weighted by atomic mass is 10.1. The molecule has 0 unspecified atom stereocenters. The fourth-order valence-corrected chi connectivity index (χ4v) is 2.31. The molecule has 3 nitrogen and oxygen atoms in total. The summed E-state index contributed by atoms with van der Waals surface area (Å²) in [4.78, 5) is 6.59. The van der Waals surface area contributed by atoms with Crippen LogP contribution < -0.4 is 0 Å². The molecule has 1 rings (SSSR count). The van der Waals surface area contributed by atoms with Crippen molar-refractivity contribution in [3.63, 3.8) is 0 Å². The molecule has 1 N–H and O–H groups in total. The Bertz CT molecular complexity index is 304. The van der Waals surface area contributed by atoms with Crippen LogP contribution in [0.3, 0.4) is 0 Å². The van der Waals surface area contributed by atoms with Gasteiger partial charge in [-0.1, -0.05) is 6.92 Å². The molecule has 15 heavy (non-hydrogen) atoms. The fourth-order valence-electron chi connectivity index (χ4n) is 1.58. The van der Waals surface area contributed by atoms with Crippen LogP contribution in [0.15, 0.2) is 5.38 Å². The van der Waals surface area contributed by atoms with Crippen molar-refractivity contribution in [1.29, 1.82) is 0 Å². The summed E-state index contributed by atoms with van der Waals surface area (Å²) in [5.74, 6) is 0. The predicted molar refractivity (Wildman–Crippen MR) is 64.1 cm³/mol. The van der Waals surface area contributed by atoms with Gasteiger partial charge in [-0.3, -0.25) is 4.90 Å². The van der Waals surface area contributed by atoms with Crippen molar-refractivity contribution in [1.82, 2.24) is 9.88 Å². The van der Waals surface area contributed by atoms with Crippen LogP contribution >= 0.6 is 11.3 Å². The minimum Gasteiger partial charge on any atom is -0.389 e. The molecule has 1 heterocycles. The molecule has 0 aliphatic rings. The van der Waals surface area contributed by atoms with Gasteiger partial charge in [-0.15, -0.1) is 11.3 Å². The van der Waals surface area contributed by atoms with Gasteiger partial charge in [0, 0.05) is 18.5 Å². The minimum atomic E-state index is -0.641. The summed E-state index contributed by atoms with van der Waals surface area (Å²) in [5.41, 5.74) is 0.460. The predicted octanol–water partition coefficient (Wildman–Crippen LogP) is 1.91. The lowest BCUT2D eigenvalue weighted by molar-refractivity contribution is 0.0422. The molecule has 4 heteroatoms. The molecule has 0 saturated carbocycles. The molecule has 0 aliphatic heterocycles. The molecular weight excluding hydrogens is 208 g/mol. The second kappa shape index (κ2) is 5.05. The zero-order valence-corrected chi connectivity index (χ0v) is 10.8. The largest absolute Gasteiger partial charge is 0.389 e. The maximum absolute atomic E-state index is 9.66. The number of hydrogen-bond donors (Lipinski definition) is 1. The van der Waals surface area contributed by atoms with E-state index in [0.29, 0.717) is 6.54 Å². The van der Waals surface area contributed by atoms with E-state index in [2.05, 4.69) is 22.2 Å². The molecule has 0 aromatic carbocycles. The third-order valence-electron chi connectivity index (χ3n) is 1.99. The van der Waals surface area contributed by atoms with Crippen molar-refractivity contribution in [2.24, 2.45) is 0 Å². The Morgan fingerprint density at radius 3 is 2.67 bits per heavy atom. The summed E-state index contributed by atoms with van der Waals surface area (Å²) in [6.45, 7) is 7.22. The van der Waals surface area contributed by atoms with Crippen molar-refractivity contribution in [3.05, 3.63) is 16.1 Å². The van der Waals surface area contributed by atoms with Gasteiger partial charge in [-0.25, -0.2) is 4.98 Å². The summed E-state index contributed by atoms with van der Waals surface area (Å²) < 4.78 is 0. The Balaban J connectivity index is 2.47. The van der Waals surface area contributed by atoms with E-state index in [9.17, 15) is 5.11 Å². The first-order valence-corrected chi connectivity index (χ1v) is 6.13. The zero-order valence-electron chi connectivity index (χ0n) is 9.95. The normalized spacial score (nSPS) is 12.4. The second-order valence-corrected chi connectivity index (χ2v) is 5.51. The maximum Gasteiger partial charge on any atom is 0.0926 e. The fraction of sp³-hybridized carbons (Fsp3) is 0.727. The Morgan fingerprint density at radius 2 is 2.20 bits per heavy atom. The van der Waals surface area contributed by atoms with Crippen molar-refractivity contribution in [2.45, 2.75) is 39.3 Å². The summed E-state index contributed by atoms with van der Waals surface area (Å²) in [7, 11) is 2.00. The Hall–Kier alpha value is -0.450. The molecule has 0 fully saturated rings. The Morgan fingerprint density at radius 1 is 1.53 bits per heavy atom. The van der Waals surface area contributed by atoms with Crippen molar-refractivity contribution < 1.29 is 5.11 Å². The highest BCUT2D eigenvalue weighted by molar-refractivity contribution is 7.09. The van der Waals surface area contributed by atoms with Crippen LogP contribution in [-0.4, -0.2) is 34.2 Å². The number of rotatable bonds is 5. The maximum atomic E-state index is 9.66. The first-order chi connectivity index (χ1) is 6.90. The quantitative estimate of drug-likeness (QED) is 0.836. The van der Waals surface area contributed by atoms with Gasteiger partial charge in [0.05, 0.1) is 16.3 Å². The standard InChI is InChI=1S/C11H20N2OS/c1-5-10-12-9(7-15-10)6-13(4)8-11(2,3)14/h7,14H,5-6,8H2,1-4H3.